The largest absolute Gasteiger partial charge is 0.353 e. The first kappa shape index (κ1) is 25.1. The Hall–Kier alpha value is -3.86. The van der Waals surface area contributed by atoms with E-state index >= 15 is 0 Å². The number of amides is 1. The number of anilines is 2. The minimum absolute atomic E-state index is 0.222. The van der Waals surface area contributed by atoms with Crippen LogP contribution in [0.15, 0.2) is 55.0 Å². The Morgan fingerprint density at radius 2 is 1.98 bits per heavy atom. The fraction of sp³-hybridized carbons (Fsp3) is 0.400. The number of piperidine rings is 1. The van der Waals surface area contributed by atoms with Gasteiger partial charge in [-0.3, -0.25) is 14.7 Å². The highest BCUT2D eigenvalue weighted by Gasteiger charge is 2.46. The van der Waals surface area contributed by atoms with E-state index in [1.807, 2.05) is 36.4 Å². The van der Waals surface area contributed by atoms with Crippen molar-refractivity contribution in [2.24, 2.45) is 5.73 Å². The third-order valence-corrected chi connectivity index (χ3v) is 8.39. The van der Waals surface area contributed by atoms with Crippen molar-refractivity contribution in [2.45, 2.75) is 43.8 Å². The highest BCUT2D eigenvalue weighted by Crippen LogP contribution is 2.39. The molecule has 1 spiro atoms. The number of nitrogens with two attached hydrogens (primary N) is 1. The molecule has 1 unspecified atom stereocenters. The van der Waals surface area contributed by atoms with Crippen molar-refractivity contribution in [1.29, 1.82) is 0 Å². The number of pyridine rings is 1. The topological polar surface area (TPSA) is 128 Å². The molecule has 1 amide bonds. The molecule has 0 bridgehead atoms. The van der Waals surface area contributed by atoms with E-state index < -0.39 is 0 Å². The Balaban J connectivity index is 1.04. The van der Waals surface area contributed by atoms with Gasteiger partial charge in [-0.05, 0) is 73.7 Å². The summed E-state index contributed by atoms with van der Waals surface area (Å²) in [6.07, 6.45) is 7.99. The van der Waals surface area contributed by atoms with E-state index in [0.29, 0.717) is 5.69 Å². The fourth-order valence-corrected chi connectivity index (χ4v) is 6.08. The molecule has 5 heterocycles. The highest BCUT2D eigenvalue weighted by atomic mass is 16.1. The molecule has 3 aliphatic rings. The number of H-pyrrole nitrogens is 1. The summed E-state index contributed by atoms with van der Waals surface area (Å²) in [4.78, 5) is 34.6. The number of hydrogen-bond acceptors (Lipinski definition) is 8. The first-order valence-corrected chi connectivity index (χ1v) is 14.2. The van der Waals surface area contributed by atoms with Crippen LogP contribution in [0.1, 0.15) is 41.7 Å². The number of piperazine rings is 1. The highest BCUT2D eigenvalue weighted by molar-refractivity contribution is 6.03. The summed E-state index contributed by atoms with van der Waals surface area (Å²) < 4.78 is 0. The van der Waals surface area contributed by atoms with Crippen LogP contribution in [0.2, 0.25) is 0 Å². The molecule has 1 saturated carbocycles. The van der Waals surface area contributed by atoms with Crippen molar-refractivity contribution in [3.05, 3.63) is 66.2 Å². The lowest BCUT2D eigenvalue weighted by atomic mass is 10.1. The lowest BCUT2D eigenvalue weighted by molar-refractivity contribution is 0.102. The van der Waals surface area contributed by atoms with Crippen LogP contribution >= 0.6 is 0 Å². The molecule has 206 valence electrons. The lowest BCUT2D eigenvalue weighted by Gasteiger charge is -2.35. The first-order chi connectivity index (χ1) is 19.5. The van der Waals surface area contributed by atoms with Gasteiger partial charge in [0.2, 0.25) is 0 Å². The number of rotatable bonds is 6. The number of carbonyl (C=O) groups excluding carboxylic acids is 1. The van der Waals surface area contributed by atoms with Gasteiger partial charge in [-0.15, -0.1) is 0 Å². The lowest BCUT2D eigenvalue weighted by Crippen LogP contribution is -2.52. The summed E-state index contributed by atoms with van der Waals surface area (Å²) in [5, 5.41) is 7.68. The van der Waals surface area contributed by atoms with Crippen molar-refractivity contribution in [3.63, 3.8) is 0 Å². The summed E-state index contributed by atoms with van der Waals surface area (Å²) >= 11 is 0. The quantitative estimate of drug-likeness (QED) is 0.295. The summed E-state index contributed by atoms with van der Waals surface area (Å²) in [5.41, 5.74) is 11.4. The molecule has 1 aliphatic carbocycles. The molecule has 2 saturated heterocycles. The molecule has 40 heavy (non-hydrogen) atoms. The van der Waals surface area contributed by atoms with Crippen LogP contribution in [-0.2, 0) is 6.54 Å². The molecule has 2 aliphatic heterocycles. The number of likely N-dealkylation sites (tertiary alicyclic amines) is 1. The first-order valence-electron chi connectivity index (χ1n) is 14.2. The zero-order valence-corrected chi connectivity index (χ0v) is 22.6. The zero-order chi connectivity index (χ0) is 27.1. The van der Waals surface area contributed by atoms with Gasteiger partial charge in [0, 0.05) is 61.9 Å². The molecular formula is C30H35N9O. The maximum absolute atomic E-state index is 13.0. The summed E-state index contributed by atoms with van der Waals surface area (Å²) in [6, 6.07) is 14.0. The number of aromatic amines is 1. The van der Waals surface area contributed by atoms with E-state index in [1.165, 1.54) is 12.8 Å². The van der Waals surface area contributed by atoms with Gasteiger partial charge in [0.15, 0.2) is 0 Å². The van der Waals surface area contributed by atoms with Crippen LogP contribution < -0.4 is 21.3 Å². The number of nitrogens with one attached hydrogen (secondary N) is 3. The standard InChI is InChI=1S/C30H35N9O/c31-22-2-1-12-38(17-22)16-20-7-10-32-26(14-20)29(40)36-23-5-3-21(4-6-23)25-15-24-27(37-25)33-19-34-28(24)39-13-11-35-30(18-39)8-9-30/h3-7,10,14-15,19,22,35H,1-2,8-9,11-13,16-18,31H2,(H,36,40)(H,33,34,37). The second kappa shape index (κ2) is 10.3. The molecule has 0 radical (unpaired) electrons. The Labute approximate surface area is 233 Å². The fourth-order valence-electron chi connectivity index (χ4n) is 6.08. The van der Waals surface area contributed by atoms with Crippen molar-refractivity contribution in [2.75, 3.05) is 42.9 Å². The van der Waals surface area contributed by atoms with E-state index in [2.05, 4.69) is 46.4 Å². The molecule has 1 aromatic carbocycles. The number of hydrogen-bond donors (Lipinski definition) is 4. The molecule has 3 fully saturated rings. The van der Waals surface area contributed by atoms with Crippen molar-refractivity contribution >= 4 is 28.4 Å². The average molecular weight is 538 g/mol. The van der Waals surface area contributed by atoms with Crippen LogP contribution in [0.5, 0.6) is 0 Å². The zero-order valence-electron chi connectivity index (χ0n) is 22.6. The van der Waals surface area contributed by atoms with Gasteiger partial charge in [0.1, 0.15) is 23.5 Å². The maximum Gasteiger partial charge on any atom is 0.274 e. The summed E-state index contributed by atoms with van der Waals surface area (Å²) in [6.45, 7) is 5.59. The Kier molecular flexibility index (Phi) is 6.45. The minimum atomic E-state index is -0.222. The molecule has 1 atom stereocenters. The van der Waals surface area contributed by atoms with Crippen LogP contribution in [-0.4, -0.2) is 75.0 Å². The number of aromatic nitrogens is 4. The second-order valence-corrected chi connectivity index (χ2v) is 11.5. The molecule has 7 rings (SSSR count). The third-order valence-electron chi connectivity index (χ3n) is 8.39. The molecule has 5 N–H and O–H groups in total. The van der Waals surface area contributed by atoms with Gasteiger partial charge in [0.25, 0.3) is 5.91 Å². The number of benzene rings is 1. The molecular weight excluding hydrogens is 502 g/mol. The predicted octanol–water partition coefficient (Wildman–Crippen LogP) is 3.14. The number of carbonyl (C=O) groups is 1. The van der Waals surface area contributed by atoms with Crippen LogP contribution in [0.3, 0.4) is 0 Å². The molecule has 4 aromatic rings. The van der Waals surface area contributed by atoms with E-state index in [9.17, 15) is 4.79 Å². The number of nitrogens with zero attached hydrogens (tertiary/aromatic N) is 5. The Bertz CT molecular complexity index is 1530. The van der Waals surface area contributed by atoms with Gasteiger partial charge >= 0.3 is 0 Å². The smallest absolute Gasteiger partial charge is 0.274 e. The second-order valence-electron chi connectivity index (χ2n) is 11.5. The number of fused-ring (bicyclic) bond motifs is 1. The van der Waals surface area contributed by atoms with E-state index in [1.54, 1.807) is 12.5 Å². The molecule has 3 aromatic heterocycles. The van der Waals surface area contributed by atoms with Gasteiger partial charge in [-0.2, -0.15) is 0 Å². The predicted molar refractivity (Wildman–Crippen MR) is 156 cm³/mol. The minimum Gasteiger partial charge on any atom is -0.353 e. The maximum atomic E-state index is 13.0. The average Bonchev–Trinajstić information content (AvgIpc) is 3.55. The van der Waals surface area contributed by atoms with Crippen LogP contribution in [0, 0.1) is 0 Å². The summed E-state index contributed by atoms with van der Waals surface area (Å²) in [5.74, 6) is 0.766. The van der Waals surface area contributed by atoms with E-state index in [-0.39, 0.29) is 17.5 Å². The molecule has 10 nitrogen and oxygen atoms in total. The van der Waals surface area contributed by atoms with Crippen LogP contribution in [0.25, 0.3) is 22.3 Å². The van der Waals surface area contributed by atoms with E-state index in [4.69, 9.17) is 5.73 Å². The molecule has 10 heteroatoms. The van der Waals surface area contributed by atoms with Gasteiger partial charge in [-0.1, -0.05) is 12.1 Å². The van der Waals surface area contributed by atoms with Crippen LogP contribution in [0.4, 0.5) is 11.5 Å². The third kappa shape index (κ3) is 5.17. The monoisotopic (exact) mass is 537 g/mol. The van der Waals surface area contributed by atoms with Crippen molar-refractivity contribution in [3.8, 4) is 11.3 Å². The normalized spacial score (nSPS) is 20.6. The SMILES string of the molecule is NC1CCCN(Cc2ccnc(C(=O)Nc3ccc(-c4cc5c(N6CCNC7(CC7)C6)ncnc5[nH]4)cc3)c2)C1. The van der Waals surface area contributed by atoms with E-state index in [0.717, 1.165) is 91.5 Å². The Morgan fingerprint density at radius 3 is 2.80 bits per heavy atom. The van der Waals surface area contributed by atoms with Gasteiger partial charge < -0.3 is 26.3 Å². The van der Waals surface area contributed by atoms with Gasteiger partial charge in [-0.25, -0.2) is 9.97 Å². The summed E-state index contributed by atoms with van der Waals surface area (Å²) in [7, 11) is 0. The van der Waals surface area contributed by atoms with Crippen molar-refractivity contribution in [1.82, 2.24) is 30.2 Å². The van der Waals surface area contributed by atoms with Gasteiger partial charge in [0.05, 0.1) is 5.39 Å². The van der Waals surface area contributed by atoms with Crippen molar-refractivity contribution < 1.29 is 4.79 Å². The Morgan fingerprint density at radius 1 is 1.10 bits per heavy atom.